The Bertz CT molecular complexity index is 529. The lowest BCUT2D eigenvalue weighted by molar-refractivity contribution is 0.172. The molecular formula is C15H24N2O2S. The highest BCUT2D eigenvalue weighted by molar-refractivity contribution is 7.89. The smallest absolute Gasteiger partial charge is 0.243 e. The van der Waals surface area contributed by atoms with Crippen LogP contribution >= 0.6 is 0 Å². The molecule has 112 valence electrons. The number of piperazine rings is 1. The SMILES string of the molecule is Cc1ccc(S(=O)(=O)N2CCN(CC(C)C)CC2)cc1. The average molecular weight is 296 g/mol. The summed E-state index contributed by atoms with van der Waals surface area (Å²) in [5.41, 5.74) is 1.07. The van der Waals surface area contributed by atoms with Crippen molar-refractivity contribution in [2.75, 3.05) is 32.7 Å². The zero-order valence-corrected chi connectivity index (χ0v) is 13.4. The van der Waals surface area contributed by atoms with E-state index in [9.17, 15) is 8.42 Å². The van der Waals surface area contributed by atoms with E-state index in [0.717, 1.165) is 25.2 Å². The van der Waals surface area contributed by atoms with Crippen LogP contribution in [0.15, 0.2) is 29.2 Å². The van der Waals surface area contributed by atoms with Crippen molar-refractivity contribution in [3.63, 3.8) is 0 Å². The van der Waals surface area contributed by atoms with Gasteiger partial charge in [-0.25, -0.2) is 8.42 Å². The predicted molar refractivity (Wildman–Crippen MR) is 81.2 cm³/mol. The highest BCUT2D eigenvalue weighted by Gasteiger charge is 2.28. The van der Waals surface area contributed by atoms with Gasteiger partial charge in [-0.05, 0) is 25.0 Å². The van der Waals surface area contributed by atoms with Crippen LogP contribution in [0.5, 0.6) is 0 Å². The van der Waals surface area contributed by atoms with Gasteiger partial charge in [0.25, 0.3) is 0 Å². The van der Waals surface area contributed by atoms with Gasteiger partial charge in [-0.3, -0.25) is 0 Å². The third-order valence-corrected chi connectivity index (χ3v) is 5.53. The second-order valence-corrected chi connectivity index (χ2v) is 7.85. The van der Waals surface area contributed by atoms with Gasteiger partial charge >= 0.3 is 0 Å². The Kier molecular flexibility index (Phi) is 4.83. The zero-order chi connectivity index (χ0) is 14.8. The maximum Gasteiger partial charge on any atom is 0.243 e. The Morgan fingerprint density at radius 3 is 2.10 bits per heavy atom. The number of rotatable bonds is 4. The summed E-state index contributed by atoms with van der Waals surface area (Å²) in [6.45, 7) is 10.2. The number of sulfonamides is 1. The van der Waals surface area contributed by atoms with Crippen LogP contribution in [0.3, 0.4) is 0 Å². The quantitative estimate of drug-likeness (QED) is 0.853. The molecule has 1 aliphatic heterocycles. The second-order valence-electron chi connectivity index (χ2n) is 5.91. The van der Waals surface area contributed by atoms with E-state index in [2.05, 4.69) is 18.7 Å². The molecule has 0 atom stereocenters. The van der Waals surface area contributed by atoms with Crippen molar-refractivity contribution in [3.8, 4) is 0 Å². The zero-order valence-electron chi connectivity index (χ0n) is 12.5. The summed E-state index contributed by atoms with van der Waals surface area (Å²) in [4.78, 5) is 2.74. The minimum Gasteiger partial charge on any atom is -0.300 e. The second kappa shape index (κ2) is 6.24. The number of nitrogens with zero attached hydrogens (tertiary/aromatic N) is 2. The van der Waals surface area contributed by atoms with Crippen molar-refractivity contribution in [1.29, 1.82) is 0 Å². The van der Waals surface area contributed by atoms with Crippen LogP contribution in [0.4, 0.5) is 0 Å². The van der Waals surface area contributed by atoms with Crippen LogP contribution < -0.4 is 0 Å². The number of hydrogen-bond donors (Lipinski definition) is 0. The lowest BCUT2D eigenvalue weighted by atomic mass is 10.2. The minimum absolute atomic E-state index is 0.403. The largest absolute Gasteiger partial charge is 0.300 e. The molecule has 0 aromatic heterocycles. The highest BCUT2D eigenvalue weighted by Crippen LogP contribution is 2.18. The summed E-state index contributed by atoms with van der Waals surface area (Å²) in [7, 11) is -3.32. The molecule has 1 fully saturated rings. The van der Waals surface area contributed by atoms with E-state index in [1.54, 1.807) is 16.4 Å². The van der Waals surface area contributed by atoms with Gasteiger partial charge in [-0.1, -0.05) is 31.5 Å². The van der Waals surface area contributed by atoms with E-state index in [-0.39, 0.29) is 0 Å². The van der Waals surface area contributed by atoms with Crippen molar-refractivity contribution in [2.45, 2.75) is 25.7 Å². The normalized spacial score (nSPS) is 18.6. The Morgan fingerprint density at radius 2 is 1.60 bits per heavy atom. The Balaban J connectivity index is 2.04. The summed E-state index contributed by atoms with van der Waals surface area (Å²) in [5, 5.41) is 0. The van der Waals surface area contributed by atoms with E-state index in [1.165, 1.54) is 0 Å². The molecule has 4 nitrogen and oxygen atoms in total. The van der Waals surface area contributed by atoms with Gasteiger partial charge in [0.05, 0.1) is 4.90 Å². The molecule has 0 amide bonds. The van der Waals surface area contributed by atoms with Crippen LogP contribution in [0.2, 0.25) is 0 Å². The number of benzene rings is 1. The average Bonchev–Trinajstić information content (AvgIpc) is 2.39. The first-order valence-electron chi connectivity index (χ1n) is 7.19. The fraction of sp³-hybridized carbons (Fsp3) is 0.600. The molecule has 1 heterocycles. The molecule has 20 heavy (non-hydrogen) atoms. The third-order valence-electron chi connectivity index (χ3n) is 3.61. The summed E-state index contributed by atoms with van der Waals surface area (Å²) in [6, 6.07) is 7.10. The lowest BCUT2D eigenvalue weighted by Gasteiger charge is -2.34. The third kappa shape index (κ3) is 3.59. The molecule has 1 saturated heterocycles. The fourth-order valence-corrected chi connectivity index (χ4v) is 3.95. The summed E-state index contributed by atoms with van der Waals surface area (Å²) < 4.78 is 26.7. The van der Waals surface area contributed by atoms with Crippen LogP contribution in [0.1, 0.15) is 19.4 Å². The highest BCUT2D eigenvalue weighted by atomic mass is 32.2. The van der Waals surface area contributed by atoms with Crippen molar-refractivity contribution in [1.82, 2.24) is 9.21 Å². The number of hydrogen-bond acceptors (Lipinski definition) is 3. The summed E-state index contributed by atoms with van der Waals surface area (Å²) >= 11 is 0. The van der Waals surface area contributed by atoms with Gasteiger partial charge in [0.1, 0.15) is 0 Å². The molecule has 1 aromatic rings. The molecular weight excluding hydrogens is 272 g/mol. The molecule has 0 saturated carbocycles. The Morgan fingerprint density at radius 1 is 1.05 bits per heavy atom. The van der Waals surface area contributed by atoms with Gasteiger partial charge in [0.15, 0.2) is 0 Å². The topological polar surface area (TPSA) is 40.6 Å². The summed E-state index contributed by atoms with van der Waals surface area (Å²) in [5.74, 6) is 0.621. The Hall–Kier alpha value is -0.910. The van der Waals surface area contributed by atoms with Crippen molar-refractivity contribution < 1.29 is 8.42 Å². The fourth-order valence-electron chi connectivity index (χ4n) is 2.53. The summed E-state index contributed by atoms with van der Waals surface area (Å²) in [6.07, 6.45) is 0. The first-order chi connectivity index (χ1) is 9.39. The monoisotopic (exact) mass is 296 g/mol. The number of aryl methyl sites for hydroxylation is 1. The van der Waals surface area contributed by atoms with Crippen LogP contribution in [0.25, 0.3) is 0 Å². The van der Waals surface area contributed by atoms with Crippen molar-refractivity contribution >= 4 is 10.0 Å². The molecule has 1 aromatic carbocycles. The van der Waals surface area contributed by atoms with Crippen LogP contribution in [-0.4, -0.2) is 50.3 Å². The lowest BCUT2D eigenvalue weighted by Crippen LogP contribution is -2.49. The molecule has 0 N–H and O–H groups in total. The molecule has 0 spiro atoms. The van der Waals surface area contributed by atoms with Crippen molar-refractivity contribution in [3.05, 3.63) is 29.8 Å². The van der Waals surface area contributed by atoms with E-state index in [1.807, 2.05) is 19.1 Å². The standard InChI is InChI=1S/C15H24N2O2S/c1-13(2)12-16-8-10-17(11-9-16)20(18,19)15-6-4-14(3)5-7-15/h4-7,13H,8-12H2,1-3H3. The minimum atomic E-state index is -3.32. The first kappa shape index (κ1) is 15.5. The van der Waals surface area contributed by atoms with Gasteiger partial charge in [-0.15, -0.1) is 0 Å². The molecule has 0 radical (unpaired) electrons. The van der Waals surface area contributed by atoms with Crippen LogP contribution in [-0.2, 0) is 10.0 Å². The predicted octanol–water partition coefficient (Wildman–Crippen LogP) is 1.96. The molecule has 2 rings (SSSR count). The van der Waals surface area contributed by atoms with E-state index in [4.69, 9.17) is 0 Å². The molecule has 1 aliphatic rings. The maximum atomic E-state index is 12.5. The molecule has 5 heteroatoms. The van der Waals surface area contributed by atoms with Crippen molar-refractivity contribution in [2.24, 2.45) is 5.92 Å². The maximum absolute atomic E-state index is 12.5. The molecule has 0 aliphatic carbocycles. The van der Waals surface area contributed by atoms with E-state index < -0.39 is 10.0 Å². The van der Waals surface area contributed by atoms with Gasteiger partial charge in [-0.2, -0.15) is 4.31 Å². The van der Waals surface area contributed by atoms with Gasteiger partial charge in [0.2, 0.25) is 10.0 Å². The van der Waals surface area contributed by atoms with E-state index >= 15 is 0 Å². The van der Waals surface area contributed by atoms with E-state index in [0.29, 0.717) is 23.9 Å². The first-order valence-corrected chi connectivity index (χ1v) is 8.63. The van der Waals surface area contributed by atoms with Gasteiger partial charge in [0, 0.05) is 32.7 Å². The van der Waals surface area contributed by atoms with Crippen LogP contribution in [0, 0.1) is 12.8 Å². The Labute approximate surface area is 122 Å². The van der Waals surface area contributed by atoms with Gasteiger partial charge < -0.3 is 4.90 Å². The molecule has 0 bridgehead atoms. The molecule has 0 unspecified atom stereocenters.